The van der Waals surface area contributed by atoms with Crippen LogP contribution in [-0.4, -0.2) is 29.4 Å². The lowest BCUT2D eigenvalue weighted by atomic mass is 9.97. The van der Waals surface area contributed by atoms with Crippen LogP contribution in [0.5, 0.6) is 0 Å². The van der Waals surface area contributed by atoms with Crippen LogP contribution >= 0.6 is 0 Å². The SMILES string of the molecule is CC(C)CNc1ccc(C2CCCCN2C=O)cn1. The maximum Gasteiger partial charge on any atom is 0.210 e. The summed E-state index contributed by atoms with van der Waals surface area (Å²) in [6.45, 7) is 6.13. The van der Waals surface area contributed by atoms with Crippen molar-refractivity contribution < 1.29 is 4.79 Å². The summed E-state index contributed by atoms with van der Waals surface area (Å²) in [6.07, 6.45) is 6.20. The van der Waals surface area contributed by atoms with Crippen molar-refractivity contribution in [2.45, 2.75) is 39.2 Å². The molecule has 104 valence electrons. The molecule has 0 aliphatic carbocycles. The summed E-state index contributed by atoms with van der Waals surface area (Å²) < 4.78 is 0. The van der Waals surface area contributed by atoms with Crippen molar-refractivity contribution in [1.82, 2.24) is 9.88 Å². The zero-order valence-electron chi connectivity index (χ0n) is 11.8. The van der Waals surface area contributed by atoms with Gasteiger partial charge in [0.05, 0.1) is 6.04 Å². The molecule has 1 aromatic heterocycles. The molecule has 1 fully saturated rings. The Morgan fingerprint density at radius 1 is 1.47 bits per heavy atom. The van der Waals surface area contributed by atoms with Crippen LogP contribution in [0.15, 0.2) is 18.3 Å². The van der Waals surface area contributed by atoms with Crippen molar-refractivity contribution in [2.24, 2.45) is 5.92 Å². The highest BCUT2D eigenvalue weighted by atomic mass is 16.1. The Hall–Kier alpha value is -1.58. The summed E-state index contributed by atoms with van der Waals surface area (Å²) in [4.78, 5) is 17.4. The lowest BCUT2D eigenvalue weighted by molar-refractivity contribution is -0.121. The topological polar surface area (TPSA) is 45.2 Å². The second kappa shape index (κ2) is 6.55. The number of rotatable bonds is 5. The fraction of sp³-hybridized carbons (Fsp3) is 0.600. The Kier molecular flexibility index (Phi) is 4.77. The highest BCUT2D eigenvalue weighted by Gasteiger charge is 2.22. The second-order valence-corrected chi connectivity index (χ2v) is 5.61. The van der Waals surface area contributed by atoms with Crippen LogP contribution < -0.4 is 5.32 Å². The lowest BCUT2D eigenvalue weighted by Gasteiger charge is -2.32. The number of pyridine rings is 1. The summed E-state index contributed by atoms with van der Waals surface area (Å²) in [5.74, 6) is 1.51. The third-order valence-electron chi connectivity index (χ3n) is 3.54. The molecule has 2 heterocycles. The molecule has 2 rings (SSSR count). The van der Waals surface area contributed by atoms with E-state index in [-0.39, 0.29) is 6.04 Å². The first-order valence-corrected chi connectivity index (χ1v) is 7.11. The van der Waals surface area contributed by atoms with Crippen LogP contribution in [0.25, 0.3) is 0 Å². The molecule has 1 saturated heterocycles. The zero-order valence-corrected chi connectivity index (χ0v) is 11.8. The first-order valence-electron chi connectivity index (χ1n) is 7.11. The fourth-order valence-corrected chi connectivity index (χ4v) is 2.45. The molecule has 1 aliphatic rings. The van der Waals surface area contributed by atoms with E-state index in [4.69, 9.17) is 0 Å². The van der Waals surface area contributed by atoms with E-state index in [0.717, 1.165) is 43.7 Å². The molecular formula is C15H23N3O. The van der Waals surface area contributed by atoms with Crippen LogP contribution in [0.4, 0.5) is 5.82 Å². The largest absolute Gasteiger partial charge is 0.370 e. The number of carbonyl (C=O) groups excluding carboxylic acids is 1. The normalized spacial score (nSPS) is 19.5. The average Bonchev–Trinajstić information content (AvgIpc) is 2.45. The van der Waals surface area contributed by atoms with Crippen LogP contribution in [0.1, 0.15) is 44.7 Å². The van der Waals surface area contributed by atoms with Gasteiger partial charge in [-0.3, -0.25) is 4.79 Å². The van der Waals surface area contributed by atoms with Gasteiger partial charge < -0.3 is 10.2 Å². The van der Waals surface area contributed by atoms with Gasteiger partial charge in [0, 0.05) is 19.3 Å². The first-order chi connectivity index (χ1) is 9.20. The molecule has 19 heavy (non-hydrogen) atoms. The second-order valence-electron chi connectivity index (χ2n) is 5.61. The van der Waals surface area contributed by atoms with Gasteiger partial charge in [-0.1, -0.05) is 19.9 Å². The number of anilines is 1. The molecule has 1 atom stereocenters. The molecule has 0 saturated carbocycles. The van der Waals surface area contributed by atoms with Crippen molar-refractivity contribution in [3.63, 3.8) is 0 Å². The number of amides is 1. The summed E-state index contributed by atoms with van der Waals surface area (Å²) in [6, 6.07) is 4.30. The molecule has 0 aromatic carbocycles. The van der Waals surface area contributed by atoms with Gasteiger partial charge in [-0.05, 0) is 36.8 Å². The molecule has 1 aromatic rings. The summed E-state index contributed by atoms with van der Waals surface area (Å²) in [5.41, 5.74) is 1.14. The molecule has 1 N–H and O–H groups in total. The van der Waals surface area contributed by atoms with Crippen molar-refractivity contribution in [3.05, 3.63) is 23.9 Å². The number of nitrogens with one attached hydrogen (secondary N) is 1. The monoisotopic (exact) mass is 261 g/mol. The molecular weight excluding hydrogens is 238 g/mol. The van der Waals surface area contributed by atoms with Gasteiger partial charge in [-0.2, -0.15) is 0 Å². The summed E-state index contributed by atoms with van der Waals surface area (Å²) in [7, 11) is 0. The minimum atomic E-state index is 0.206. The van der Waals surface area contributed by atoms with Crippen molar-refractivity contribution >= 4 is 12.2 Å². The van der Waals surface area contributed by atoms with Gasteiger partial charge in [-0.25, -0.2) is 4.98 Å². The molecule has 1 unspecified atom stereocenters. The Morgan fingerprint density at radius 2 is 2.32 bits per heavy atom. The summed E-state index contributed by atoms with van der Waals surface area (Å²) >= 11 is 0. The predicted octanol–water partition coefficient (Wildman–Crippen LogP) is 2.83. The van der Waals surface area contributed by atoms with Gasteiger partial charge in [-0.15, -0.1) is 0 Å². The number of carbonyl (C=O) groups is 1. The van der Waals surface area contributed by atoms with Crippen molar-refractivity contribution in [2.75, 3.05) is 18.4 Å². The van der Waals surface area contributed by atoms with Gasteiger partial charge in [0.15, 0.2) is 0 Å². The molecule has 0 spiro atoms. The van der Waals surface area contributed by atoms with E-state index >= 15 is 0 Å². The number of piperidine rings is 1. The Labute approximate surface area is 115 Å². The van der Waals surface area contributed by atoms with Gasteiger partial charge >= 0.3 is 0 Å². The number of nitrogens with zero attached hydrogens (tertiary/aromatic N) is 2. The lowest BCUT2D eigenvalue weighted by Crippen LogP contribution is -2.32. The van der Waals surface area contributed by atoms with E-state index in [0.29, 0.717) is 5.92 Å². The highest BCUT2D eigenvalue weighted by Crippen LogP contribution is 2.29. The molecule has 1 amide bonds. The number of aromatic nitrogens is 1. The van der Waals surface area contributed by atoms with E-state index in [1.807, 2.05) is 17.2 Å². The summed E-state index contributed by atoms with van der Waals surface area (Å²) in [5, 5.41) is 3.31. The molecule has 0 radical (unpaired) electrons. The highest BCUT2D eigenvalue weighted by molar-refractivity contribution is 5.49. The van der Waals surface area contributed by atoms with E-state index in [2.05, 4.69) is 30.2 Å². The maximum atomic E-state index is 11.1. The Balaban J connectivity index is 2.02. The third-order valence-corrected chi connectivity index (χ3v) is 3.54. The van der Waals surface area contributed by atoms with E-state index in [1.165, 1.54) is 6.42 Å². The van der Waals surface area contributed by atoms with Crippen LogP contribution in [-0.2, 0) is 4.79 Å². The molecule has 4 nitrogen and oxygen atoms in total. The number of hydrogen-bond acceptors (Lipinski definition) is 3. The number of hydrogen-bond donors (Lipinski definition) is 1. The quantitative estimate of drug-likeness (QED) is 0.829. The third kappa shape index (κ3) is 3.69. The smallest absolute Gasteiger partial charge is 0.210 e. The molecule has 1 aliphatic heterocycles. The van der Waals surface area contributed by atoms with Gasteiger partial charge in [0.2, 0.25) is 6.41 Å². The Bertz CT molecular complexity index is 402. The van der Waals surface area contributed by atoms with E-state index < -0.39 is 0 Å². The molecule has 4 heteroatoms. The Morgan fingerprint density at radius 3 is 2.95 bits per heavy atom. The van der Waals surface area contributed by atoms with Crippen LogP contribution in [0.2, 0.25) is 0 Å². The van der Waals surface area contributed by atoms with Crippen molar-refractivity contribution in [1.29, 1.82) is 0 Å². The van der Waals surface area contributed by atoms with Gasteiger partial charge in [0.25, 0.3) is 0 Å². The van der Waals surface area contributed by atoms with E-state index in [9.17, 15) is 4.79 Å². The number of likely N-dealkylation sites (tertiary alicyclic amines) is 1. The van der Waals surface area contributed by atoms with E-state index in [1.54, 1.807) is 0 Å². The molecule has 0 bridgehead atoms. The zero-order chi connectivity index (χ0) is 13.7. The van der Waals surface area contributed by atoms with Crippen LogP contribution in [0, 0.1) is 5.92 Å². The first kappa shape index (κ1) is 13.8. The maximum absolute atomic E-state index is 11.1. The van der Waals surface area contributed by atoms with Crippen LogP contribution in [0.3, 0.4) is 0 Å². The fourth-order valence-electron chi connectivity index (χ4n) is 2.45. The minimum Gasteiger partial charge on any atom is -0.370 e. The van der Waals surface area contributed by atoms with Crippen molar-refractivity contribution in [3.8, 4) is 0 Å². The minimum absolute atomic E-state index is 0.206. The predicted molar refractivity (Wildman–Crippen MR) is 76.9 cm³/mol. The van der Waals surface area contributed by atoms with Gasteiger partial charge in [0.1, 0.15) is 5.82 Å². The average molecular weight is 261 g/mol. The standard InChI is InChI=1S/C15H23N3O/c1-12(2)9-16-15-7-6-13(10-17-15)14-5-3-4-8-18(14)11-19/h6-7,10-12,14H,3-5,8-9H2,1-2H3,(H,16,17).